The maximum Gasteiger partial charge on any atom is 0.268 e. The van der Waals surface area contributed by atoms with Gasteiger partial charge in [0.05, 0.1) is 39.9 Å². The quantitative estimate of drug-likeness (QED) is 0.0273. The fourth-order valence-corrected chi connectivity index (χ4v) is 8.41. The molecule has 0 radical (unpaired) electrons. The van der Waals surface area contributed by atoms with Crippen LogP contribution in [0.3, 0.4) is 0 Å². The third kappa shape index (κ3) is 45.1. The SMILES string of the molecule is CCCCCCCCCCCCCC/C=C\CCCCCCCCCCCCCCC(=O)NC(COP(=O)([O-])OCC[N+](C)(C)C)C(O)CCCCCCCCCCC. The van der Waals surface area contributed by atoms with Crippen LogP contribution in [0.1, 0.15) is 251 Å². The first-order valence-corrected chi connectivity index (χ1v) is 27.0. The molecular weight excluding hydrogens is 756 g/mol. The minimum atomic E-state index is -4.56. The summed E-state index contributed by atoms with van der Waals surface area (Å²) in [4.78, 5) is 25.3. The Hall–Kier alpha value is -0.760. The first kappa shape index (κ1) is 58.2. The average Bonchev–Trinajstić information content (AvgIpc) is 3.19. The van der Waals surface area contributed by atoms with Crippen LogP contribution in [0, 0.1) is 0 Å². The number of phosphoric ester groups is 1. The molecule has 0 aromatic heterocycles. The van der Waals surface area contributed by atoms with Gasteiger partial charge in [-0.05, 0) is 38.5 Å². The molecule has 3 atom stereocenters. The van der Waals surface area contributed by atoms with Gasteiger partial charge in [-0.3, -0.25) is 9.36 Å². The molecule has 0 saturated carbocycles. The number of aliphatic hydroxyl groups is 1. The number of carbonyl (C=O) groups is 1. The van der Waals surface area contributed by atoms with Gasteiger partial charge in [0.15, 0.2) is 0 Å². The monoisotopic (exact) mass is 857 g/mol. The first-order chi connectivity index (χ1) is 28.5. The summed E-state index contributed by atoms with van der Waals surface area (Å²) < 4.78 is 23.2. The molecule has 0 heterocycles. The van der Waals surface area contributed by atoms with E-state index in [1.54, 1.807) is 0 Å². The van der Waals surface area contributed by atoms with Crippen molar-refractivity contribution in [3.8, 4) is 0 Å². The zero-order valence-electron chi connectivity index (χ0n) is 40.0. The number of carbonyl (C=O) groups excluding carboxylic acids is 1. The molecule has 352 valence electrons. The second-order valence-electron chi connectivity index (χ2n) is 18.9. The fraction of sp³-hybridized carbons (Fsp3) is 0.940. The number of quaternary nitrogens is 1. The topological polar surface area (TPSA) is 108 Å². The van der Waals surface area contributed by atoms with E-state index in [0.717, 1.165) is 38.5 Å². The Kier molecular flexibility index (Phi) is 42.0. The molecule has 0 aromatic rings. The molecule has 0 fully saturated rings. The van der Waals surface area contributed by atoms with E-state index in [2.05, 4.69) is 31.3 Å². The number of likely N-dealkylation sites (N-methyl/N-ethyl adjacent to an activating group) is 1. The van der Waals surface area contributed by atoms with Crippen molar-refractivity contribution in [1.82, 2.24) is 5.32 Å². The second kappa shape index (κ2) is 42.5. The first-order valence-electron chi connectivity index (χ1n) is 25.5. The number of nitrogens with zero attached hydrogens (tertiary/aromatic N) is 1. The Morgan fingerprint density at radius 2 is 0.932 bits per heavy atom. The van der Waals surface area contributed by atoms with Gasteiger partial charge in [0.2, 0.25) is 5.91 Å². The molecule has 0 bridgehead atoms. The highest BCUT2D eigenvalue weighted by atomic mass is 31.2. The van der Waals surface area contributed by atoms with Crippen molar-refractivity contribution in [2.75, 3.05) is 40.9 Å². The van der Waals surface area contributed by atoms with E-state index in [0.29, 0.717) is 23.9 Å². The van der Waals surface area contributed by atoms with E-state index in [1.165, 1.54) is 186 Å². The molecule has 0 aliphatic rings. The standard InChI is InChI=1S/C50H101N2O6P/c1-6-8-10-12-14-16-17-18-19-20-21-22-23-24-25-26-27-28-29-30-31-32-33-34-36-38-40-42-44-50(54)51-48(47-58-59(55,56)57-46-45-52(3,4)5)49(53)43-41-39-37-35-15-13-11-9-7-2/h24-25,48-49,53H,6-23,26-47H2,1-5H3,(H-,51,54,55,56)/b25-24-. The second-order valence-corrected chi connectivity index (χ2v) is 20.3. The van der Waals surface area contributed by atoms with Gasteiger partial charge in [0.25, 0.3) is 7.82 Å². The van der Waals surface area contributed by atoms with E-state index in [4.69, 9.17) is 9.05 Å². The normalized spacial score (nSPS) is 14.2. The van der Waals surface area contributed by atoms with Crippen molar-refractivity contribution in [2.24, 2.45) is 0 Å². The lowest BCUT2D eigenvalue weighted by Crippen LogP contribution is -2.46. The number of rotatable bonds is 47. The zero-order chi connectivity index (χ0) is 43.6. The lowest BCUT2D eigenvalue weighted by molar-refractivity contribution is -0.870. The number of nitrogens with one attached hydrogen (secondary N) is 1. The Morgan fingerprint density at radius 3 is 1.32 bits per heavy atom. The van der Waals surface area contributed by atoms with Crippen molar-refractivity contribution in [2.45, 2.75) is 264 Å². The van der Waals surface area contributed by atoms with Crippen molar-refractivity contribution in [3.05, 3.63) is 12.2 Å². The van der Waals surface area contributed by atoms with Crippen LogP contribution in [-0.4, -0.2) is 68.5 Å². The molecule has 9 heteroatoms. The smallest absolute Gasteiger partial charge is 0.268 e. The van der Waals surface area contributed by atoms with Gasteiger partial charge in [-0.25, -0.2) is 0 Å². The van der Waals surface area contributed by atoms with Crippen molar-refractivity contribution in [1.29, 1.82) is 0 Å². The van der Waals surface area contributed by atoms with E-state index in [-0.39, 0.29) is 19.1 Å². The highest BCUT2D eigenvalue weighted by Crippen LogP contribution is 2.38. The van der Waals surface area contributed by atoms with Crippen molar-refractivity contribution >= 4 is 13.7 Å². The van der Waals surface area contributed by atoms with E-state index < -0.39 is 20.0 Å². The lowest BCUT2D eigenvalue weighted by atomic mass is 10.0. The van der Waals surface area contributed by atoms with Crippen LogP contribution in [0.5, 0.6) is 0 Å². The van der Waals surface area contributed by atoms with Crippen molar-refractivity contribution in [3.63, 3.8) is 0 Å². The highest BCUT2D eigenvalue weighted by Gasteiger charge is 2.24. The maximum absolute atomic E-state index is 12.9. The van der Waals surface area contributed by atoms with Gasteiger partial charge >= 0.3 is 0 Å². The molecule has 3 unspecified atom stereocenters. The number of aliphatic hydroxyl groups excluding tert-OH is 1. The Bertz CT molecular complexity index is 974. The molecule has 8 nitrogen and oxygen atoms in total. The maximum atomic E-state index is 12.9. The minimum Gasteiger partial charge on any atom is -0.756 e. The molecule has 59 heavy (non-hydrogen) atoms. The summed E-state index contributed by atoms with van der Waals surface area (Å²) >= 11 is 0. The number of hydrogen-bond acceptors (Lipinski definition) is 6. The molecule has 2 N–H and O–H groups in total. The van der Waals surface area contributed by atoms with Gasteiger partial charge < -0.3 is 28.8 Å². The van der Waals surface area contributed by atoms with Crippen LogP contribution >= 0.6 is 7.82 Å². The zero-order valence-corrected chi connectivity index (χ0v) is 40.9. The van der Waals surface area contributed by atoms with E-state index in [1.807, 2.05) is 21.1 Å². The summed E-state index contributed by atoms with van der Waals surface area (Å²) in [5, 5.41) is 13.9. The number of phosphoric acid groups is 1. The molecule has 0 aliphatic heterocycles. The van der Waals surface area contributed by atoms with Crippen molar-refractivity contribution < 1.29 is 32.9 Å². The van der Waals surface area contributed by atoms with Gasteiger partial charge in [-0.1, -0.05) is 219 Å². The van der Waals surface area contributed by atoms with Crippen LogP contribution in [0.2, 0.25) is 0 Å². The summed E-state index contributed by atoms with van der Waals surface area (Å²) in [6.45, 7) is 4.71. The summed E-state index contributed by atoms with van der Waals surface area (Å²) in [5.74, 6) is -0.165. The summed E-state index contributed by atoms with van der Waals surface area (Å²) in [5.41, 5.74) is 0. The molecular formula is C50H101N2O6P. The number of allylic oxidation sites excluding steroid dienone is 2. The summed E-state index contributed by atoms with van der Waals surface area (Å²) in [6, 6.07) is -0.795. The van der Waals surface area contributed by atoms with Crippen LogP contribution in [0.15, 0.2) is 12.2 Å². The van der Waals surface area contributed by atoms with Crippen LogP contribution in [0.4, 0.5) is 0 Å². The third-order valence-electron chi connectivity index (χ3n) is 11.8. The van der Waals surface area contributed by atoms with E-state index in [9.17, 15) is 19.4 Å². The number of amides is 1. The van der Waals surface area contributed by atoms with E-state index >= 15 is 0 Å². The van der Waals surface area contributed by atoms with Crippen LogP contribution in [-0.2, 0) is 18.4 Å². The van der Waals surface area contributed by atoms with Gasteiger partial charge in [-0.2, -0.15) is 0 Å². The Morgan fingerprint density at radius 1 is 0.576 bits per heavy atom. The Labute approximate surface area is 367 Å². The number of hydrogen-bond donors (Lipinski definition) is 2. The predicted octanol–water partition coefficient (Wildman–Crippen LogP) is 14.1. The van der Waals surface area contributed by atoms with Crippen LogP contribution in [0.25, 0.3) is 0 Å². The third-order valence-corrected chi connectivity index (χ3v) is 12.7. The average molecular weight is 857 g/mol. The van der Waals surface area contributed by atoms with Crippen LogP contribution < -0.4 is 10.2 Å². The fourth-order valence-electron chi connectivity index (χ4n) is 7.68. The predicted molar refractivity (Wildman–Crippen MR) is 252 cm³/mol. The van der Waals surface area contributed by atoms with Gasteiger partial charge in [0.1, 0.15) is 13.2 Å². The molecule has 0 spiro atoms. The minimum absolute atomic E-state index is 0.0140. The molecule has 0 saturated heterocycles. The summed E-state index contributed by atoms with van der Waals surface area (Å²) in [7, 11) is 1.31. The Balaban J connectivity index is 4.00. The highest BCUT2D eigenvalue weighted by molar-refractivity contribution is 7.45. The molecule has 0 aliphatic carbocycles. The lowest BCUT2D eigenvalue weighted by Gasteiger charge is -2.30. The largest absolute Gasteiger partial charge is 0.756 e. The molecule has 0 aromatic carbocycles. The number of unbranched alkanes of at least 4 members (excludes halogenated alkanes) is 32. The van der Waals surface area contributed by atoms with Gasteiger partial charge in [-0.15, -0.1) is 0 Å². The molecule has 1 amide bonds. The van der Waals surface area contributed by atoms with Gasteiger partial charge in [0, 0.05) is 6.42 Å². The summed E-state index contributed by atoms with van der Waals surface area (Å²) in [6.07, 6.45) is 49.6. The molecule has 0 rings (SSSR count).